The molecule has 0 unspecified atom stereocenters. The summed E-state index contributed by atoms with van der Waals surface area (Å²) in [4.78, 5) is 26.3. The summed E-state index contributed by atoms with van der Waals surface area (Å²) in [6, 6.07) is 5.49. The van der Waals surface area contributed by atoms with Gasteiger partial charge in [0.05, 0.1) is 29.6 Å². The summed E-state index contributed by atoms with van der Waals surface area (Å²) < 4.78 is 35.7. The zero-order valence-corrected chi connectivity index (χ0v) is 23.5. The third-order valence-electron chi connectivity index (χ3n) is 7.30. The first-order valence-electron chi connectivity index (χ1n) is 13.2. The summed E-state index contributed by atoms with van der Waals surface area (Å²) in [6.45, 7) is -0.498. The van der Waals surface area contributed by atoms with E-state index >= 15 is 0 Å². The number of fused-ring (bicyclic) bond motifs is 1. The van der Waals surface area contributed by atoms with Crippen molar-refractivity contribution in [1.82, 2.24) is 34.0 Å². The predicted molar refractivity (Wildman–Crippen MR) is 147 cm³/mol. The number of ether oxygens (including phenoxy) is 1. The third kappa shape index (κ3) is 5.32. The van der Waals surface area contributed by atoms with E-state index in [1.807, 2.05) is 4.72 Å². The van der Waals surface area contributed by atoms with Gasteiger partial charge in [-0.05, 0) is 37.1 Å². The van der Waals surface area contributed by atoms with E-state index in [0.29, 0.717) is 16.4 Å². The Labute approximate surface area is 244 Å². The van der Waals surface area contributed by atoms with Crippen molar-refractivity contribution < 1.29 is 33.3 Å². The monoisotopic (exact) mass is 618 g/mol. The van der Waals surface area contributed by atoms with Crippen LogP contribution in [0.15, 0.2) is 47.9 Å². The van der Waals surface area contributed by atoms with Crippen LogP contribution in [-0.2, 0) is 14.8 Å². The number of aliphatic hydroxyl groups excluding tert-OH is 3. The lowest BCUT2D eigenvalue weighted by Gasteiger charge is -2.18. The van der Waals surface area contributed by atoms with Gasteiger partial charge in [0.2, 0.25) is 0 Å². The number of nitrogens with one attached hydrogen (secondary N) is 2. The molecule has 1 amide bonds. The third-order valence-corrected chi connectivity index (χ3v) is 8.90. The average Bonchev–Trinajstić information content (AvgIpc) is 3.77. The summed E-state index contributed by atoms with van der Waals surface area (Å²) >= 11 is 5.83. The molecular weight excluding hydrogens is 592 g/mol. The molecule has 0 spiro atoms. The van der Waals surface area contributed by atoms with Crippen LogP contribution < -0.4 is 10.0 Å². The largest absolute Gasteiger partial charge is 0.394 e. The van der Waals surface area contributed by atoms with Gasteiger partial charge in [-0.15, -0.1) is 0 Å². The molecule has 1 saturated heterocycles. The Kier molecular flexibility index (Phi) is 7.59. The molecule has 2 fully saturated rings. The lowest BCUT2D eigenvalue weighted by Crippen LogP contribution is -2.33. The smallest absolute Gasteiger partial charge is 0.268 e. The fraction of sp³-hybridized carbons (Fsp3) is 0.400. The molecule has 42 heavy (non-hydrogen) atoms. The molecule has 15 nitrogen and oxygen atoms in total. The van der Waals surface area contributed by atoms with E-state index in [0.717, 1.165) is 25.7 Å². The van der Waals surface area contributed by atoms with Gasteiger partial charge in [0, 0.05) is 17.3 Å². The molecule has 1 aliphatic carbocycles. The maximum Gasteiger partial charge on any atom is 0.268 e. The highest BCUT2D eigenvalue weighted by molar-refractivity contribution is 7.90. The van der Waals surface area contributed by atoms with Crippen molar-refractivity contribution in [2.75, 3.05) is 11.9 Å². The van der Waals surface area contributed by atoms with Crippen LogP contribution in [0.3, 0.4) is 0 Å². The van der Waals surface area contributed by atoms with Gasteiger partial charge in [-0.25, -0.2) is 22.8 Å². The van der Waals surface area contributed by atoms with Gasteiger partial charge in [-0.1, -0.05) is 24.4 Å². The maximum atomic E-state index is 12.8. The van der Waals surface area contributed by atoms with Crippen LogP contribution in [0.4, 0.5) is 5.82 Å². The topological polar surface area (TPSA) is 207 Å². The molecule has 5 N–H and O–H groups in total. The minimum Gasteiger partial charge on any atom is -0.394 e. The van der Waals surface area contributed by atoms with Gasteiger partial charge in [-0.3, -0.25) is 9.36 Å². The molecule has 222 valence electrons. The van der Waals surface area contributed by atoms with Gasteiger partial charge in [-0.2, -0.15) is 15.1 Å². The van der Waals surface area contributed by atoms with Crippen LogP contribution in [0.2, 0.25) is 5.02 Å². The molecule has 4 heterocycles. The van der Waals surface area contributed by atoms with Crippen LogP contribution in [0.25, 0.3) is 17.1 Å². The fourth-order valence-electron chi connectivity index (χ4n) is 5.07. The van der Waals surface area contributed by atoms with E-state index in [2.05, 4.69) is 25.4 Å². The number of benzene rings is 1. The van der Waals surface area contributed by atoms with E-state index < -0.39 is 47.1 Å². The first-order chi connectivity index (χ1) is 20.1. The lowest BCUT2D eigenvalue weighted by atomic mass is 10.1. The zero-order chi connectivity index (χ0) is 29.6. The Hall–Kier alpha value is -3.67. The number of hydrogen-bond acceptors (Lipinski definition) is 12. The number of imidazole rings is 1. The molecule has 3 aromatic heterocycles. The predicted octanol–water partition coefficient (Wildman–Crippen LogP) is 0.750. The Morgan fingerprint density at radius 1 is 1.12 bits per heavy atom. The summed E-state index contributed by atoms with van der Waals surface area (Å²) in [6.07, 6.45) is 3.05. The second-order valence-electron chi connectivity index (χ2n) is 10.1. The molecule has 0 radical (unpaired) electrons. The second kappa shape index (κ2) is 11.2. The fourth-order valence-corrected chi connectivity index (χ4v) is 6.17. The summed E-state index contributed by atoms with van der Waals surface area (Å²) in [7, 11) is -4.18. The number of rotatable bonds is 8. The van der Waals surface area contributed by atoms with Gasteiger partial charge in [0.25, 0.3) is 21.9 Å². The number of carbonyl (C=O) groups is 1. The van der Waals surface area contributed by atoms with Crippen molar-refractivity contribution in [3.05, 3.63) is 53.6 Å². The molecule has 0 bridgehead atoms. The van der Waals surface area contributed by atoms with Crippen molar-refractivity contribution >= 4 is 44.5 Å². The van der Waals surface area contributed by atoms with Crippen molar-refractivity contribution in [2.24, 2.45) is 0 Å². The van der Waals surface area contributed by atoms with Crippen molar-refractivity contribution in [3.8, 4) is 5.95 Å². The second-order valence-corrected chi connectivity index (χ2v) is 12.2. The number of sulfonamides is 1. The lowest BCUT2D eigenvalue weighted by molar-refractivity contribution is -0.0511. The number of nitrogens with zero attached hydrogens (tertiary/aromatic N) is 6. The number of anilines is 1. The van der Waals surface area contributed by atoms with E-state index in [-0.39, 0.29) is 28.1 Å². The maximum absolute atomic E-state index is 12.8. The van der Waals surface area contributed by atoms with Crippen LogP contribution >= 0.6 is 11.6 Å². The minimum atomic E-state index is -4.18. The van der Waals surface area contributed by atoms with Crippen LogP contribution in [0.5, 0.6) is 0 Å². The van der Waals surface area contributed by atoms with Gasteiger partial charge in [0.15, 0.2) is 23.2 Å². The highest BCUT2D eigenvalue weighted by atomic mass is 35.5. The molecule has 4 atom stereocenters. The van der Waals surface area contributed by atoms with Crippen molar-refractivity contribution in [2.45, 2.75) is 61.2 Å². The number of aliphatic hydroxyl groups is 3. The quantitative estimate of drug-likeness (QED) is 0.185. The molecule has 1 aliphatic heterocycles. The first kappa shape index (κ1) is 28.4. The Balaban J connectivity index is 1.34. The number of amides is 1. The summed E-state index contributed by atoms with van der Waals surface area (Å²) in [5.41, 5.74) is 0.545. The standard InChI is InChI=1S/C25H27ClN8O7S/c26-14-5-7-16(8-6-14)42(39,40)32-23(38)13-9-28-34(10-13)25-30-21(29-15-3-1-2-4-15)18-22(31-25)33(12-27-18)24-20(37)19(36)17(11-35)41-24/h5-10,12,15,17,19-20,24,35-37H,1-4,11H2,(H,32,38)(H,29,30,31)/t17-,19-,20-,24-/m1/s1. The molecule has 1 saturated carbocycles. The Bertz CT molecular complexity index is 1720. The van der Waals surface area contributed by atoms with E-state index in [9.17, 15) is 28.5 Å². The SMILES string of the molecule is O=C(NS(=O)(=O)c1ccc(Cl)cc1)c1cnn(-c2nc(NC3CCCC3)c3ncn([C@@H]4O[C@H](CO)[C@@H](O)[C@H]4O)c3n2)c1. The highest BCUT2D eigenvalue weighted by Crippen LogP contribution is 2.33. The van der Waals surface area contributed by atoms with Crippen LogP contribution in [0.1, 0.15) is 42.3 Å². The summed E-state index contributed by atoms with van der Waals surface area (Å²) in [5, 5.41) is 38.3. The molecule has 1 aromatic carbocycles. The summed E-state index contributed by atoms with van der Waals surface area (Å²) in [5.74, 6) is -0.506. The normalized spacial score (nSPS) is 23.0. The molecular formula is C25H27ClN8O7S. The molecule has 6 rings (SSSR count). The van der Waals surface area contributed by atoms with E-state index in [4.69, 9.17) is 16.3 Å². The Morgan fingerprint density at radius 3 is 2.55 bits per heavy atom. The van der Waals surface area contributed by atoms with Gasteiger partial charge < -0.3 is 25.4 Å². The first-order valence-corrected chi connectivity index (χ1v) is 15.0. The molecule has 2 aliphatic rings. The van der Waals surface area contributed by atoms with Crippen LogP contribution in [0, 0.1) is 0 Å². The average molecular weight is 619 g/mol. The number of hydrogen-bond donors (Lipinski definition) is 5. The van der Waals surface area contributed by atoms with Gasteiger partial charge >= 0.3 is 0 Å². The zero-order valence-electron chi connectivity index (χ0n) is 21.9. The van der Waals surface area contributed by atoms with E-state index in [1.165, 1.54) is 52.2 Å². The number of halogens is 1. The number of carbonyl (C=O) groups excluding carboxylic acids is 1. The van der Waals surface area contributed by atoms with Gasteiger partial charge in [0.1, 0.15) is 18.3 Å². The Morgan fingerprint density at radius 2 is 1.86 bits per heavy atom. The number of aromatic nitrogens is 6. The van der Waals surface area contributed by atoms with Crippen molar-refractivity contribution in [1.29, 1.82) is 0 Å². The highest BCUT2D eigenvalue weighted by Gasteiger charge is 2.44. The van der Waals surface area contributed by atoms with Crippen LogP contribution in [-0.4, -0.2) is 89.9 Å². The molecule has 17 heteroatoms. The van der Waals surface area contributed by atoms with Crippen molar-refractivity contribution in [3.63, 3.8) is 0 Å². The molecule has 4 aromatic rings. The minimum absolute atomic E-state index is 0.0242. The van der Waals surface area contributed by atoms with E-state index in [1.54, 1.807) is 0 Å².